The minimum atomic E-state index is -0.326. The molecule has 5 nitrogen and oxygen atoms in total. The number of halogens is 2. The molecule has 4 aromatic rings. The fourth-order valence-electron chi connectivity index (χ4n) is 2.71. The van der Waals surface area contributed by atoms with Crippen molar-refractivity contribution in [1.29, 1.82) is 0 Å². The standard InChI is InChI=1S/C22H14BrClN4O/c23-17-7-3-14(4-8-17)19-12-20(15-5-9-18(24)10-6-15)27-22(26-19)28-21(29)16-2-1-11-25-13-16/h1-13H,(H,26,27,28,29). The smallest absolute Gasteiger partial charge is 0.259 e. The third-order valence-electron chi connectivity index (χ3n) is 4.16. The van der Waals surface area contributed by atoms with Gasteiger partial charge in [-0.25, -0.2) is 9.97 Å². The summed E-state index contributed by atoms with van der Waals surface area (Å²) in [6.07, 6.45) is 3.11. The SMILES string of the molecule is O=C(Nc1nc(-c2ccc(Cl)cc2)cc(-c2ccc(Br)cc2)n1)c1cccnc1. The van der Waals surface area contributed by atoms with Crippen LogP contribution in [0, 0.1) is 0 Å². The van der Waals surface area contributed by atoms with Gasteiger partial charge in [0.1, 0.15) is 0 Å². The molecule has 0 aliphatic heterocycles. The zero-order valence-electron chi connectivity index (χ0n) is 15.0. The van der Waals surface area contributed by atoms with Gasteiger partial charge >= 0.3 is 0 Å². The third kappa shape index (κ3) is 4.67. The molecule has 142 valence electrons. The van der Waals surface area contributed by atoms with Crippen LogP contribution in [0.5, 0.6) is 0 Å². The van der Waals surface area contributed by atoms with Crippen molar-refractivity contribution in [3.05, 3.63) is 94.2 Å². The Morgan fingerprint density at radius 3 is 2.10 bits per heavy atom. The summed E-state index contributed by atoms with van der Waals surface area (Å²) < 4.78 is 0.971. The molecule has 0 radical (unpaired) electrons. The van der Waals surface area contributed by atoms with Crippen LogP contribution in [0.4, 0.5) is 5.95 Å². The van der Waals surface area contributed by atoms with Crippen molar-refractivity contribution < 1.29 is 4.79 Å². The number of benzene rings is 2. The molecule has 7 heteroatoms. The lowest BCUT2D eigenvalue weighted by Crippen LogP contribution is -2.15. The van der Waals surface area contributed by atoms with Gasteiger partial charge in [-0.05, 0) is 42.5 Å². The first-order chi connectivity index (χ1) is 14.1. The molecule has 0 atom stereocenters. The average Bonchev–Trinajstić information content (AvgIpc) is 2.75. The maximum Gasteiger partial charge on any atom is 0.259 e. The normalized spacial score (nSPS) is 10.6. The summed E-state index contributed by atoms with van der Waals surface area (Å²) in [6, 6.07) is 20.4. The Hall–Kier alpha value is -3.09. The summed E-state index contributed by atoms with van der Waals surface area (Å²) in [5, 5.41) is 3.40. The number of nitrogens with one attached hydrogen (secondary N) is 1. The van der Waals surface area contributed by atoms with Crippen LogP contribution in [-0.2, 0) is 0 Å². The maximum atomic E-state index is 12.5. The van der Waals surface area contributed by atoms with E-state index >= 15 is 0 Å². The molecule has 0 aliphatic rings. The van der Waals surface area contributed by atoms with Crippen LogP contribution in [0.3, 0.4) is 0 Å². The predicted octanol–water partition coefficient (Wildman–Crippen LogP) is 5.87. The van der Waals surface area contributed by atoms with Gasteiger partial charge in [-0.2, -0.15) is 0 Å². The molecule has 0 bridgehead atoms. The predicted molar refractivity (Wildman–Crippen MR) is 118 cm³/mol. The second-order valence-electron chi connectivity index (χ2n) is 6.17. The zero-order chi connectivity index (χ0) is 20.2. The van der Waals surface area contributed by atoms with Gasteiger partial charge < -0.3 is 0 Å². The Labute approximate surface area is 181 Å². The number of carbonyl (C=O) groups excluding carboxylic acids is 1. The maximum absolute atomic E-state index is 12.5. The lowest BCUT2D eigenvalue weighted by molar-refractivity contribution is 0.102. The van der Waals surface area contributed by atoms with Crippen molar-refractivity contribution in [1.82, 2.24) is 15.0 Å². The number of carbonyl (C=O) groups is 1. The molecule has 0 spiro atoms. The Kier molecular flexibility index (Phi) is 5.64. The average molecular weight is 466 g/mol. The van der Waals surface area contributed by atoms with Crippen molar-refractivity contribution in [2.45, 2.75) is 0 Å². The van der Waals surface area contributed by atoms with E-state index in [-0.39, 0.29) is 11.9 Å². The van der Waals surface area contributed by atoms with Crippen LogP contribution in [0.1, 0.15) is 10.4 Å². The van der Waals surface area contributed by atoms with Crippen molar-refractivity contribution in [2.75, 3.05) is 5.32 Å². The second kappa shape index (κ2) is 8.51. The molecule has 4 rings (SSSR count). The zero-order valence-corrected chi connectivity index (χ0v) is 17.4. The Morgan fingerprint density at radius 2 is 1.52 bits per heavy atom. The summed E-state index contributed by atoms with van der Waals surface area (Å²) in [4.78, 5) is 25.6. The number of amides is 1. The van der Waals surface area contributed by atoms with E-state index < -0.39 is 0 Å². The fraction of sp³-hybridized carbons (Fsp3) is 0. The summed E-state index contributed by atoms with van der Waals surface area (Å²) in [5.41, 5.74) is 3.57. The quantitative estimate of drug-likeness (QED) is 0.409. The Morgan fingerprint density at radius 1 is 0.897 bits per heavy atom. The highest BCUT2D eigenvalue weighted by atomic mass is 79.9. The van der Waals surface area contributed by atoms with Crippen molar-refractivity contribution in [2.24, 2.45) is 0 Å². The monoisotopic (exact) mass is 464 g/mol. The molecule has 2 heterocycles. The van der Waals surface area contributed by atoms with Crippen LogP contribution in [0.2, 0.25) is 5.02 Å². The molecule has 0 saturated carbocycles. The van der Waals surface area contributed by atoms with E-state index in [0.29, 0.717) is 22.0 Å². The van der Waals surface area contributed by atoms with Crippen molar-refractivity contribution in [3.8, 4) is 22.5 Å². The van der Waals surface area contributed by atoms with Crippen molar-refractivity contribution in [3.63, 3.8) is 0 Å². The molecule has 0 aliphatic carbocycles. The molecular formula is C22H14BrClN4O. The first-order valence-electron chi connectivity index (χ1n) is 8.71. The summed E-state index contributed by atoms with van der Waals surface area (Å²) >= 11 is 9.45. The highest BCUT2D eigenvalue weighted by Crippen LogP contribution is 2.27. The van der Waals surface area contributed by atoms with Gasteiger partial charge in [0.25, 0.3) is 5.91 Å². The van der Waals surface area contributed by atoms with Crippen molar-refractivity contribution >= 4 is 39.4 Å². The first-order valence-corrected chi connectivity index (χ1v) is 9.88. The van der Waals surface area contributed by atoms with Gasteiger partial charge in [0.05, 0.1) is 17.0 Å². The summed E-state index contributed by atoms with van der Waals surface area (Å²) in [7, 11) is 0. The topological polar surface area (TPSA) is 67.8 Å². The Bertz CT molecular complexity index is 1090. The number of rotatable bonds is 4. The van der Waals surface area contributed by atoms with Gasteiger partial charge in [-0.15, -0.1) is 0 Å². The number of hydrogen-bond acceptors (Lipinski definition) is 4. The number of anilines is 1. The molecular weight excluding hydrogens is 452 g/mol. The third-order valence-corrected chi connectivity index (χ3v) is 4.94. The number of hydrogen-bond donors (Lipinski definition) is 1. The molecule has 0 saturated heterocycles. The van der Waals surface area contributed by atoms with E-state index in [1.807, 2.05) is 42.5 Å². The van der Waals surface area contributed by atoms with Gasteiger partial charge in [-0.1, -0.05) is 51.8 Å². The van der Waals surface area contributed by atoms with Gasteiger partial charge in [0.15, 0.2) is 0 Å². The first kappa shape index (κ1) is 19.2. The van der Waals surface area contributed by atoms with Crippen LogP contribution in [-0.4, -0.2) is 20.9 Å². The lowest BCUT2D eigenvalue weighted by atomic mass is 10.1. The number of nitrogens with zero attached hydrogens (tertiary/aromatic N) is 3. The summed E-state index contributed by atoms with van der Waals surface area (Å²) in [6.45, 7) is 0. The van der Waals surface area contributed by atoms with E-state index in [4.69, 9.17) is 11.6 Å². The summed E-state index contributed by atoms with van der Waals surface area (Å²) in [5.74, 6) is -0.114. The Balaban J connectivity index is 1.76. The van der Waals surface area contributed by atoms with Gasteiger partial charge in [0, 0.05) is 33.0 Å². The van der Waals surface area contributed by atoms with E-state index in [0.717, 1.165) is 15.6 Å². The number of aromatic nitrogens is 3. The molecule has 1 amide bonds. The van der Waals surface area contributed by atoms with Crippen LogP contribution in [0.15, 0.2) is 83.6 Å². The van der Waals surface area contributed by atoms with E-state index in [1.54, 1.807) is 30.5 Å². The lowest BCUT2D eigenvalue weighted by Gasteiger charge is -2.10. The highest BCUT2D eigenvalue weighted by molar-refractivity contribution is 9.10. The van der Waals surface area contributed by atoms with Gasteiger partial charge in [0.2, 0.25) is 5.95 Å². The molecule has 29 heavy (non-hydrogen) atoms. The van der Waals surface area contributed by atoms with Crippen LogP contribution >= 0.6 is 27.5 Å². The molecule has 0 fully saturated rings. The van der Waals surface area contributed by atoms with E-state index in [9.17, 15) is 4.79 Å². The second-order valence-corrected chi connectivity index (χ2v) is 7.52. The van der Waals surface area contributed by atoms with Crippen LogP contribution < -0.4 is 5.32 Å². The minimum absolute atomic E-state index is 0.212. The largest absolute Gasteiger partial charge is 0.290 e. The molecule has 2 aromatic carbocycles. The van der Waals surface area contributed by atoms with E-state index in [1.165, 1.54) is 6.20 Å². The molecule has 2 aromatic heterocycles. The number of pyridine rings is 1. The van der Waals surface area contributed by atoms with E-state index in [2.05, 4.69) is 36.2 Å². The van der Waals surface area contributed by atoms with Gasteiger partial charge in [-0.3, -0.25) is 15.1 Å². The molecule has 0 unspecified atom stereocenters. The molecule has 1 N–H and O–H groups in total. The minimum Gasteiger partial charge on any atom is -0.290 e. The highest BCUT2D eigenvalue weighted by Gasteiger charge is 2.12. The van der Waals surface area contributed by atoms with Crippen LogP contribution in [0.25, 0.3) is 22.5 Å². The fourth-order valence-corrected chi connectivity index (χ4v) is 3.10.